The Morgan fingerprint density at radius 1 is 0.952 bits per heavy atom. The molecular formula is C16H21Cl2O2Ti. The number of carboxylic acids is 1. The largest absolute Gasteiger partial charge is 3.00 e. The summed E-state index contributed by atoms with van der Waals surface area (Å²) in [7, 11) is 0. The minimum atomic E-state index is -0.981. The van der Waals surface area contributed by atoms with Crippen LogP contribution >= 0.6 is 0 Å². The number of carboxylic acid groups (broad SMARTS) is 1. The Balaban J connectivity index is 0. The summed E-state index contributed by atoms with van der Waals surface area (Å²) in [6, 6.07) is 2.52. The van der Waals surface area contributed by atoms with E-state index >= 15 is 0 Å². The number of hydrogen-bond acceptors (Lipinski definition) is 1. The Hall–Kier alpha value is -0.146. The molecule has 1 aromatic carbocycles. The van der Waals surface area contributed by atoms with E-state index in [9.17, 15) is 4.79 Å². The molecule has 2 aliphatic rings. The summed E-state index contributed by atoms with van der Waals surface area (Å²) < 4.78 is 0. The van der Waals surface area contributed by atoms with Gasteiger partial charge in [0.1, 0.15) is 0 Å². The average molecular weight is 364 g/mol. The van der Waals surface area contributed by atoms with E-state index in [1.165, 1.54) is 51.4 Å². The van der Waals surface area contributed by atoms with Crippen LogP contribution in [0.15, 0.2) is 18.7 Å². The molecule has 1 radical (unpaired) electrons. The molecule has 3 rings (SSSR count). The third-order valence-electron chi connectivity index (χ3n) is 3.91. The molecule has 2 aliphatic carbocycles. The fraction of sp³-hybridized carbons (Fsp3) is 0.500. The Bertz CT molecular complexity index is 425. The summed E-state index contributed by atoms with van der Waals surface area (Å²) in [6.45, 7) is 2.96. The molecule has 0 heterocycles. The van der Waals surface area contributed by atoms with Crippen LogP contribution in [0.5, 0.6) is 0 Å². The van der Waals surface area contributed by atoms with Crippen LogP contribution in [-0.4, -0.2) is 11.1 Å². The van der Waals surface area contributed by atoms with Crippen LogP contribution in [0.4, 0.5) is 0 Å². The van der Waals surface area contributed by atoms with Gasteiger partial charge in [-0.2, -0.15) is 28.3 Å². The van der Waals surface area contributed by atoms with E-state index in [-0.39, 0.29) is 46.5 Å². The summed E-state index contributed by atoms with van der Waals surface area (Å²) in [5.41, 5.74) is 6.94. The Kier molecular flexibility index (Phi) is 12.6. The number of hydrogen-bond donors (Lipinski definition) is 1. The van der Waals surface area contributed by atoms with Crippen molar-refractivity contribution in [2.45, 2.75) is 51.4 Å². The van der Waals surface area contributed by atoms with E-state index in [1.807, 2.05) is 0 Å². The summed E-state index contributed by atoms with van der Waals surface area (Å²) in [5, 5.41) is 7.60. The van der Waals surface area contributed by atoms with E-state index < -0.39 is 5.97 Å². The predicted molar refractivity (Wildman–Crippen MR) is 73.2 cm³/mol. The van der Waals surface area contributed by atoms with Crippen molar-refractivity contribution in [3.05, 3.63) is 41.0 Å². The number of fused-ring (bicyclic) bond motifs is 3. The van der Waals surface area contributed by atoms with Gasteiger partial charge in [-0.25, -0.2) is 4.79 Å². The molecule has 0 spiro atoms. The monoisotopic (exact) mass is 363 g/mol. The molecule has 0 bridgehead atoms. The summed E-state index contributed by atoms with van der Waals surface area (Å²) in [6.07, 6.45) is 12.0. The quantitative estimate of drug-likeness (QED) is 0.338. The number of aliphatic carboxylic acids is 1. The van der Waals surface area contributed by atoms with Crippen LogP contribution in [0, 0.1) is 0 Å². The molecule has 5 heteroatoms. The Labute approximate surface area is 154 Å². The first-order valence-corrected chi connectivity index (χ1v) is 6.87. The van der Waals surface area contributed by atoms with Crippen molar-refractivity contribution in [1.82, 2.24) is 0 Å². The molecule has 2 nitrogen and oxygen atoms in total. The smallest absolute Gasteiger partial charge is 1.00 e. The fourth-order valence-electron chi connectivity index (χ4n) is 3.08. The third-order valence-corrected chi connectivity index (χ3v) is 3.91. The zero-order chi connectivity index (χ0) is 13.0. The minimum absolute atomic E-state index is 0. The van der Waals surface area contributed by atoms with E-state index in [0.29, 0.717) is 0 Å². The van der Waals surface area contributed by atoms with Gasteiger partial charge < -0.3 is 29.9 Å². The summed E-state index contributed by atoms with van der Waals surface area (Å²) in [4.78, 5) is 9.25. The average Bonchev–Trinajstić information content (AvgIpc) is 2.78. The molecule has 0 atom stereocenters. The molecule has 0 aromatic heterocycles. The second kappa shape index (κ2) is 11.4. The zero-order valence-electron chi connectivity index (χ0n) is 12.1. The molecule has 115 valence electrons. The standard InChI is InChI=1S/C13H17.C3H4O2.2ClH.Ti/c1-3-7-12-10(5-1)9-11-6-2-4-8-13(11)12;1-2-3(4)5;;;/h9H,1-8H2;2H,1H2,(H,4,5);2*1H;/q-1;;;;+3/p-2. The van der Waals surface area contributed by atoms with Crippen molar-refractivity contribution < 1.29 is 56.4 Å². The SMILES string of the molecule is C=CC(=O)O.[Cl-].[Cl-].[Ti+3].[cH-]1c2c(c3c1CCCC3)CCCC2. The maximum atomic E-state index is 9.25. The molecule has 1 N–H and O–H groups in total. The van der Waals surface area contributed by atoms with Crippen molar-refractivity contribution in [2.75, 3.05) is 0 Å². The van der Waals surface area contributed by atoms with Gasteiger partial charge in [0.15, 0.2) is 0 Å². The van der Waals surface area contributed by atoms with Crippen molar-refractivity contribution in [1.29, 1.82) is 0 Å². The van der Waals surface area contributed by atoms with Gasteiger partial charge in [-0.1, -0.05) is 57.9 Å². The normalized spacial score (nSPS) is 14.5. The van der Waals surface area contributed by atoms with Crippen LogP contribution in [-0.2, 0) is 52.2 Å². The van der Waals surface area contributed by atoms with Gasteiger partial charge in [0.25, 0.3) is 0 Å². The third kappa shape index (κ3) is 6.24. The first-order valence-electron chi connectivity index (χ1n) is 6.87. The van der Waals surface area contributed by atoms with Crippen LogP contribution in [0.2, 0.25) is 0 Å². The van der Waals surface area contributed by atoms with Crippen LogP contribution in [0.25, 0.3) is 0 Å². The summed E-state index contributed by atoms with van der Waals surface area (Å²) in [5.74, 6) is -0.981. The molecule has 0 amide bonds. The molecular weight excluding hydrogens is 343 g/mol. The molecule has 0 unspecified atom stereocenters. The first kappa shape index (κ1) is 23.1. The second-order valence-corrected chi connectivity index (χ2v) is 5.11. The van der Waals surface area contributed by atoms with Gasteiger partial charge in [0, 0.05) is 6.08 Å². The van der Waals surface area contributed by atoms with Gasteiger partial charge in [0.05, 0.1) is 0 Å². The molecule has 0 saturated carbocycles. The number of halogens is 2. The molecule has 21 heavy (non-hydrogen) atoms. The second-order valence-electron chi connectivity index (χ2n) is 5.11. The maximum Gasteiger partial charge on any atom is 3.00 e. The van der Waals surface area contributed by atoms with E-state index in [2.05, 4.69) is 12.6 Å². The van der Waals surface area contributed by atoms with Gasteiger partial charge in [0.2, 0.25) is 0 Å². The number of aryl methyl sites for hydroxylation is 2. The molecule has 1 aromatic rings. The van der Waals surface area contributed by atoms with Crippen molar-refractivity contribution in [3.8, 4) is 0 Å². The minimum Gasteiger partial charge on any atom is -1.00 e. The maximum absolute atomic E-state index is 9.25. The zero-order valence-corrected chi connectivity index (χ0v) is 15.2. The van der Waals surface area contributed by atoms with Crippen molar-refractivity contribution in [2.24, 2.45) is 0 Å². The Morgan fingerprint density at radius 3 is 1.62 bits per heavy atom. The summed E-state index contributed by atoms with van der Waals surface area (Å²) >= 11 is 0. The van der Waals surface area contributed by atoms with Crippen molar-refractivity contribution in [3.63, 3.8) is 0 Å². The first-order chi connectivity index (χ1) is 8.72. The van der Waals surface area contributed by atoms with E-state index in [0.717, 1.165) is 6.08 Å². The molecule has 0 fully saturated rings. The van der Waals surface area contributed by atoms with Crippen LogP contribution in [0.1, 0.15) is 47.9 Å². The van der Waals surface area contributed by atoms with Gasteiger partial charge >= 0.3 is 27.7 Å². The molecule has 0 saturated heterocycles. The van der Waals surface area contributed by atoms with Gasteiger partial charge in [-0.15, -0.1) is 0 Å². The van der Waals surface area contributed by atoms with Crippen LogP contribution < -0.4 is 24.8 Å². The molecule has 0 aliphatic heterocycles. The number of carbonyl (C=O) groups is 1. The Morgan fingerprint density at radius 2 is 1.29 bits per heavy atom. The number of rotatable bonds is 1. The van der Waals surface area contributed by atoms with Crippen molar-refractivity contribution >= 4 is 5.97 Å². The van der Waals surface area contributed by atoms with E-state index in [1.54, 1.807) is 22.3 Å². The topological polar surface area (TPSA) is 37.3 Å². The van der Waals surface area contributed by atoms with Gasteiger partial charge in [-0.05, 0) is 0 Å². The predicted octanol–water partition coefficient (Wildman–Crippen LogP) is -2.57. The van der Waals surface area contributed by atoms with Gasteiger partial charge in [-0.3, -0.25) is 0 Å². The fourth-order valence-corrected chi connectivity index (χ4v) is 3.08. The van der Waals surface area contributed by atoms with Crippen LogP contribution in [0.3, 0.4) is 0 Å². The van der Waals surface area contributed by atoms with E-state index in [4.69, 9.17) is 5.11 Å².